The van der Waals surface area contributed by atoms with Gasteiger partial charge in [0, 0.05) is 24.8 Å². The molecule has 1 atom stereocenters. The van der Waals surface area contributed by atoms with Crippen LogP contribution < -0.4 is 10.7 Å². The molecule has 1 aliphatic carbocycles. The van der Waals surface area contributed by atoms with Crippen molar-refractivity contribution >= 4 is 23.4 Å². The molecule has 2 N–H and O–H groups in total. The summed E-state index contributed by atoms with van der Waals surface area (Å²) in [4.78, 5) is 40.0. The average molecular weight is 478 g/mol. The number of amides is 2. The first kappa shape index (κ1) is 23.3. The zero-order valence-electron chi connectivity index (χ0n) is 18.4. The Hall–Kier alpha value is -2.91. The maximum Gasteiger partial charge on any atom is 0.276 e. The van der Waals surface area contributed by atoms with E-state index in [2.05, 4.69) is 5.32 Å². The SMILES string of the molecule is CC.O=C(NCc1cccc(Cl)c1F)c1cn2c(c(O)c1=O)C(=O)N1CCCOC1C21CC1. The number of carbonyl (C=O) groups excluding carboxylic acids is 2. The van der Waals surface area contributed by atoms with Crippen LogP contribution in [0.2, 0.25) is 5.02 Å². The molecule has 1 aromatic heterocycles. The molecule has 33 heavy (non-hydrogen) atoms. The van der Waals surface area contributed by atoms with Gasteiger partial charge in [-0.3, -0.25) is 14.4 Å². The van der Waals surface area contributed by atoms with Crippen molar-refractivity contribution in [3.63, 3.8) is 0 Å². The number of pyridine rings is 1. The normalized spacial score (nSPS) is 19.8. The standard InChI is InChI=1S/C21H19ClFN3O5.C2H6/c22-13-4-1-3-11(14(13)23)9-24-18(29)12-10-26-15(17(28)16(12)27)19(30)25-7-2-8-31-20(25)21(26)5-6-21;1-2/h1,3-4,10,20,28H,2,5-9H2,(H,24,29);1-2H3. The van der Waals surface area contributed by atoms with Crippen molar-refractivity contribution in [1.29, 1.82) is 0 Å². The van der Waals surface area contributed by atoms with Crippen LogP contribution in [-0.4, -0.2) is 45.8 Å². The molecule has 1 unspecified atom stereocenters. The van der Waals surface area contributed by atoms with Gasteiger partial charge in [-0.15, -0.1) is 0 Å². The number of aromatic hydroxyl groups is 1. The number of hydrogen-bond acceptors (Lipinski definition) is 5. The molecule has 5 rings (SSSR count). The second kappa shape index (κ2) is 8.79. The van der Waals surface area contributed by atoms with E-state index in [0.29, 0.717) is 32.4 Å². The molecule has 1 saturated carbocycles. The largest absolute Gasteiger partial charge is 0.503 e. The number of nitrogens with zero attached hydrogens (tertiary/aromatic N) is 2. The summed E-state index contributed by atoms with van der Waals surface area (Å²) < 4.78 is 21.5. The van der Waals surface area contributed by atoms with Crippen molar-refractivity contribution in [3.05, 3.63) is 62.3 Å². The van der Waals surface area contributed by atoms with Crippen LogP contribution in [0.3, 0.4) is 0 Å². The van der Waals surface area contributed by atoms with Crippen LogP contribution >= 0.6 is 11.6 Å². The van der Waals surface area contributed by atoms with Crippen molar-refractivity contribution in [2.75, 3.05) is 13.2 Å². The Morgan fingerprint density at radius 1 is 1.33 bits per heavy atom. The number of benzene rings is 1. The van der Waals surface area contributed by atoms with Crippen molar-refractivity contribution in [2.45, 2.75) is 51.4 Å². The first-order valence-electron chi connectivity index (χ1n) is 11.0. The summed E-state index contributed by atoms with van der Waals surface area (Å²) in [5.74, 6) is -2.71. The molecule has 2 fully saturated rings. The predicted molar refractivity (Wildman–Crippen MR) is 119 cm³/mol. The molecule has 3 aliphatic rings. The second-order valence-corrected chi connectivity index (χ2v) is 8.42. The highest BCUT2D eigenvalue weighted by Gasteiger charge is 2.60. The van der Waals surface area contributed by atoms with Gasteiger partial charge in [-0.2, -0.15) is 0 Å². The lowest BCUT2D eigenvalue weighted by molar-refractivity contribution is -0.120. The Balaban J connectivity index is 0.00000126. The third-order valence-electron chi connectivity index (χ3n) is 6.17. The molecule has 2 amide bonds. The van der Waals surface area contributed by atoms with E-state index in [1.54, 1.807) is 11.0 Å². The number of fused-ring (bicyclic) bond motifs is 4. The lowest BCUT2D eigenvalue weighted by atomic mass is 10.0. The number of nitrogens with one attached hydrogen (secondary N) is 1. The molecule has 0 radical (unpaired) electrons. The minimum Gasteiger partial charge on any atom is -0.503 e. The molecule has 2 aliphatic heterocycles. The van der Waals surface area contributed by atoms with E-state index in [1.165, 1.54) is 22.9 Å². The summed E-state index contributed by atoms with van der Waals surface area (Å²) in [5.41, 5.74) is -1.85. The van der Waals surface area contributed by atoms with Gasteiger partial charge >= 0.3 is 0 Å². The highest BCUT2D eigenvalue weighted by Crippen LogP contribution is 2.53. The average Bonchev–Trinajstić information content (AvgIpc) is 3.63. The fraction of sp³-hybridized carbons (Fsp3) is 0.435. The molecular weight excluding hydrogens is 453 g/mol. The van der Waals surface area contributed by atoms with E-state index < -0.39 is 40.6 Å². The number of rotatable bonds is 3. The maximum atomic E-state index is 14.1. The van der Waals surface area contributed by atoms with Gasteiger partial charge < -0.3 is 24.6 Å². The zero-order valence-corrected chi connectivity index (χ0v) is 19.1. The molecule has 1 saturated heterocycles. The number of halogens is 2. The molecule has 10 heteroatoms. The van der Waals surface area contributed by atoms with Crippen LogP contribution in [0.1, 0.15) is 59.5 Å². The van der Waals surface area contributed by atoms with Crippen molar-refractivity contribution < 1.29 is 23.8 Å². The van der Waals surface area contributed by atoms with Gasteiger partial charge in [0.15, 0.2) is 17.7 Å². The molecule has 2 aromatic rings. The Morgan fingerprint density at radius 2 is 2.06 bits per heavy atom. The molecule has 8 nitrogen and oxygen atoms in total. The number of aromatic nitrogens is 1. The number of carbonyl (C=O) groups is 2. The van der Waals surface area contributed by atoms with Crippen LogP contribution in [0.4, 0.5) is 4.39 Å². The van der Waals surface area contributed by atoms with Crippen molar-refractivity contribution in [2.24, 2.45) is 0 Å². The molecule has 176 valence electrons. The van der Waals surface area contributed by atoms with Crippen LogP contribution in [-0.2, 0) is 16.8 Å². The van der Waals surface area contributed by atoms with Gasteiger partial charge in [-0.05, 0) is 25.3 Å². The van der Waals surface area contributed by atoms with E-state index >= 15 is 0 Å². The number of ether oxygens (including phenoxy) is 1. The smallest absolute Gasteiger partial charge is 0.276 e. The van der Waals surface area contributed by atoms with Gasteiger partial charge in [0.1, 0.15) is 11.4 Å². The fourth-order valence-corrected chi connectivity index (χ4v) is 4.63. The van der Waals surface area contributed by atoms with Gasteiger partial charge in [0.05, 0.1) is 17.2 Å². The molecular formula is C23H25ClFN3O5. The summed E-state index contributed by atoms with van der Waals surface area (Å²) in [6, 6.07) is 4.40. The highest BCUT2D eigenvalue weighted by atomic mass is 35.5. The molecule has 1 spiro atoms. The summed E-state index contributed by atoms with van der Waals surface area (Å²) >= 11 is 5.76. The minimum atomic E-state index is -0.948. The topological polar surface area (TPSA) is 101 Å². The summed E-state index contributed by atoms with van der Waals surface area (Å²) in [7, 11) is 0. The van der Waals surface area contributed by atoms with Crippen LogP contribution in [0.15, 0.2) is 29.2 Å². The summed E-state index contributed by atoms with van der Waals surface area (Å²) in [6.45, 7) is 4.79. The van der Waals surface area contributed by atoms with Gasteiger partial charge in [0.2, 0.25) is 5.43 Å². The quantitative estimate of drug-likeness (QED) is 0.707. The molecule has 0 bridgehead atoms. The van der Waals surface area contributed by atoms with Crippen LogP contribution in [0.5, 0.6) is 5.75 Å². The fourth-order valence-electron chi connectivity index (χ4n) is 4.44. The van der Waals surface area contributed by atoms with E-state index in [4.69, 9.17) is 16.3 Å². The summed E-state index contributed by atoms with van der Waals surface area (Å²) in [5, 5.41) is 13.0. The molecule has 1 aromatic carbocycles. The van der Waals surface area contributed by atoms with Crippen LogP contribution in [0.25, 0.3) is 0 Å². The van der Waals surface area contributed by atoms with Crippen molar-refractivity contribution in [3.8, 4) is 5.75 Å². The van der Waals surface area contributed by atoms with Gasteiger partial charge in [0.25, 0.3) is 11.8 Å². The Bertz CT molecular complexity index is 1180. The monoisotopic (exact) mass is 477 g/mol. The van der Waals surface area contributed by atoms with E-state index in [-0.39, 0.29) is 28.4 Å². The Morgan fingerprint density at radius 3 is 2.76 bits per heavy atom. The maximum absolute atomic E-state index is 14.1. The molecule has 3 heterocycles. The Kier molecular flexibility index (Phi) is 6.20. The van der Waals surface area contributed by atoms with Gasteiger partial charge in [-0.25, -0.2) is 4.39 Å². The van der Waals surface area contributed by atoms with Gasteiger partial charge in [-0.1, -0.05) is 37.6 Å². The Labute approximate surface area is 194 Å². The second-order valence-electron chi connectivity index (χ2n) is 8.01. The lowest BCUT2D eigenvalue weighted by Gasteiger charge is -2.46. The predicted octanol–water partition coefficient (Wildman–Crippen LogP) is 2.99. The van der Waals surface area contributed by atoms with Crippen molar-refractivity contribution in [1.82, 2.24) is 14.8 Å². The first-order chi connectivity index (χ1) is 15.8. The van der Waals surface area contributed by atoms with E-state index in [9.17, 15) is 23.9 Å². The third kappa shape index (κ3) is 3.69. The number of hydrogen-bond donors (Lipinski definition) is 2. The minimum absolute atomic E-state index is 0.0792. The first-order valence-corrected chi connectivity index (χ1v) is 11.4. The zero-order chi connectivity index (χ0) is 23.9. The van der Waals surface area contributed by atoms with Crippen LogP contribution in [0, 0.1) is 5.82 Å². The summed E-state index contributed by atoms with van der Waals surface area (Å²) in [6.07, 6.45) is 2.85. The third-order valence-corrected chi connectivity index (χ3v) is 6.46. The van der Waals surface area contributed by atoms with E-state index in [1.807, 2.05) is 13.8 Å². The lowest BCUT2D eigenvalue weighted by Crippen LogP contribution is -2.59. The van der Waals surface area contributed by atoms with E-state index in [0.717, 1.165) is 0 Å². The highest BCUT2D eigenvalue weighted by molar-refractivity contribution is 6.30.